The largest absolute Gasteiger partial charge is 0.495 e. The van der Waals surface area contributed by atoms with Crippen molar-refractivity contribution in [3.63, 3.8) is 0 Å². The summed E-state index contributed by atoms with van der Waals surface area (Å²) in [6.45, 7) is 3.17. The summed E-state index contributed by atoms with van der Waals surface area (Å²) in [5.41, 5.74) is 0.862. The van der Waals surface area contributed by atoms with Gasteiger partial charge < -0.3 is 20.1 Å². The van der Waals surface area contributed by atoms with E-state index >= 15 is 0 Å². The number of nitrogens with zero attached hydrogens (tertiary/aromatic N) is 2. The first-order chi connectivity index (χ1) is 10.2. The Balaban J connectivity index is 2.15. The highest BCUT2D eigenvalue weighted by atomic mass is 16.5. The van der Waals surface area contributed by atoms with Crippen LogP contribution in [0.25, 0.3) is 0 Å². The zero-order valence-corrected chi connectivity index (χ0v) is 12.5. The Hall–Kier alpha value is -2.34. The topological polar surface area (TPSA) is 68.3 Å². The van der Waals surface area contributed by atoms with E-state index in [1.165, 1.54) is 0 Å². The minimum Gasteiger partial charge on any atom is -0.495 e. The number of anilines is 3. The van der Waals surface area contributed by atoms with Crippen molar-refractivity contribution >= 4 is 17.3 Å². The molecule has 0 atom stereocenters. The summed E-state index contributed by atoms with van der Waals surface area (Å²) in [5, 5.41) is 6.44. The van der Waals surface area contributed by atoms with Crippen molar-refractivity contribution < 1.29 is 9.47 Å². The molecular formula is C15H20N4O2. The summed E-state index contributed by atoms with van der Waals surface area (Å²) in [4.78, 5) is 8.72. The maximum absolute atomic E-state index is 5.32. The smallest absolute Gasteiger partial charge is 0.142 e. The fourth-order valence-corrected chi connectivity index (χ4v) is 1.89. The van der Waals surface area contributed by atoms with Gasteiger partial charge in [-0.3, -0.25) is 0 Å². The van der Waals surface area contributed by atoms with E-state index in [1.54, 1.807) is 14.2 Å². The van der Waals surface area contributed by atoms with Crippen molar-refractivity contribution in [1.29, 1.82) is 0 Å². The summed E-state index contributed by atoms with van der Waals surface area (Å²) in [6.07, 6.45) is 0. The minimum atomic E-state index is 0.623. The number of ether oxygens (including phenoxy) is 2. The Morgan fingerprint density at radius 1 is 1.10 bits per heavy atom. The maximum atomic E-state index is 5.32. The van der Waals surface area contributed by atoms with Crippen LogP contribution in [0, 0.1) is 6.92 Å². The third kappa shape index (κ3) is 4.32. The Kier molecular flexibility index (Phi) is 5.34. The molecule has 0 spiro atoms. The third-order valence-electron chi connectivity index (χ3n) is 2.82. The van der Waals surface area contributed by atoms with Crippen LogP contribution in [0.3, 0.4) is 0 Å². The fourth-order valence-electron chi connectivity index (χ4n) is 1.89. The SMILES string of the molecule is COCCNc1cc(Nc2ccccc2OC)nc(C)n1. The van der Waals surface area contributed by atoms with Gasteiger partial charge in [0.1, 0.15) is 23.2 Å². The first-order valence-electron chi connectivity index (χ1n) is 6.71. The van der Waals surface area contributed by atoms with Gasteiger partial charge in [-0.05, 0) is 19.1 Å². The number of aromatic nitrogens is 2. The Morgan fingerprint density at radius 3 is 2.62 bits per heavy atom. The number of benzene rings is 1. The highest BCUT2D eigenvalue weighted by Gasteiger charge is 2.05. The van der Waals surface area contributed by atoms with Crippen molar-refractivity contribution in [2.75, 3.05) is 38.0 Å². The molecule has 1 heterocycles. The second kappa shape index (κ2) is 7.44. The van der Waals surface area contributed by atoms with Crippen LogP contribution in [0.4, 0.5) is 17.3 Å². The molecular weight excluding hydrogens is 268 g/mol. The molecule has 2 N–H and O–H groups in total. The molecule has 6 heteroatoms. The second-order valence-corrected chi connectivity index (χ2v) is 4.43. The molecule has 0 saturated heterocycles. The van der Waals surface area contributed by atoms with Crippen molar-refractivity contribution in [1.82, 2.24) is 9.97 Å². The van der Waals surface area contributed by atoms with E-state index in [0.717, 1.165) is 17.3 Å². The molecule has 2 rings (SSSR count). The van der Waals surface area contributed by atoms with Crippen LogP contribution in [0.1, 0.15) is 5.82 Å². The van der Waals surface area contributed by atoms with Crippen molar-refractivity contribution in [2.45, 2.75) is 6.92 Å². The van der Waals surface area contributed by atoms with Gasteiger partial charge in [-0.2, -0.15) is 0 Å². The van der Waals surface area contributed by atoms with E-state index in [4.69, 9.17) is 9.47 Å². The van der Waals surface area contributed by atoms with Crippen LogP contribution in [-0.4, -0.2) is 37.3 Å². The number of methoxy groups -OCH3 is 2. The monoisotopic (exact) mass is 288 g/mol. The predicted molar refractivity (Wildman–Crippen MR) is 83.4 cm³/mol. The molecule has 0 amide bonds. The van der Waals surface area contributed by atoms with Crippen LogP contribution in [0.15, 0.2) is 30.3 Å². The maximum Gasteiger partial charge on any atom is 0.142 e. The number of aryl methyl sites for hydroxylation is 1. The van der Waals surface area contributed by atoms with E-state index in [-0.39, 0.29) is 0 Å². The minimum absolute atomic E-state index is 0.623. The van der Waals surface area contributed by atoms with Gasteiger partial charge in [0.25, 0.3) is 0 Å². The first-order valence-corrected chi connectivity index (χ1v) is 6.71. The van der Waals surface area contributed by atoms with Gasteiger partial charge in [0, 0.05) is 19.7 Å². The molecule has 1 aromatic heterocycles. The molecule has 0 fully saturated rings. The van der Waals surface area contributed by atoms with Crippen molar-refractivity contribution in [3.8, 4) is 5.75 Å². The standard InChI is InChI=1S/C15H20N4O2/c1-11-17-14(16-8-9-20-2)10-15(18-11)19-12-6-4-5-7-13(12)21-3/h4-7,10H,8-9H2,1-3H3,(H2,16,17,18,19). The van der Waals surface area contributed by atoms with Crippen LogP contribution >= 0.6 is 0 Å². The Bertz CT molecular complexity index is 590. The number of para-hydroxylation sites is 2. The number of rotatable bonds is 7. The van der Waals surface area contributed by atoms with Gasteiger partial charge in [0.15, 0.2) is 0 Å². The van der Waals surface area contributed by atoms with Gasteiger partial charge in [0.05, 0.1) is 19.4 Å². The summed E-state index contributed by atoms with van der Waals surface area (Å²) < 4.78 is 10.3. The lowest BCUT2D eigenvalue weighted by Crippen LogP contribution is -2.10. The summed E-state index contributed by atoms with van der Waals surface area (Å²) >= 11 is 0. The molecule has 112 valence electrons. The summed E-state index contributed by atoms with van der Waals surface area (Å²) in [7, 11) is 3.31. The van der Waals surface area contributed by atoms with E-state index in [2.05, 4.69) is 20.6 Å². The van der Waals surface area contributed by atoms with E-state index in [1.807, 2.05) is 37.3 Å². The van der Waals surface area contributed by atoms with Gasteiger partial charge in [-0.1, -0.05) is 12.1 Å². The summed E-state index contributed by atoms with van der Waals surface area (Å²) in [6, 6.07) is 9.56. The van der Waals surface area contributed by atoms with Gasteiger partial charge in [-0.15, -0.1) is 0 Å². The molecule has 0 saturated carbocycles. The lowest BCUT2D eigenvalue weighted by atomic mass is 10.3. The number of nitrogens with one attached hydrogen (secondary N) is 2. The normalized spacial score (nSPS) is 10.2. The molecule has 0 radical (unpaired) electrons. The first kappa shape index (κ1) is 15.1. The van der Waals surface area contributed by atoms with Crippen LogP contribution < -0.4 is 15.4 Å². The van der Waals surface area contributed by atoms with E-state index in [0.29, 0.717) is 24.8 Å². The predicted octanol–water partition coefficient (Wildman–Crippen LogP) is 2.60. The fraction of sp³-hybridized carbons (Fsp3) is 0.333. The van der Waals surface area contributed by atoms with Gasteiger partial charge in [-0.25, -0.2) is 9.97 Å². The van der Waals surface area contributed by atoms with Crippen LogP contribution in [-0.2, 0) is 4.74 Å². The number of hydrogen-bond acceptors (Lipinski definition) is 6. The highest BCUT2D eigenvalue weighted by Crippen LogP contribution is 2.26. The van der Waals surface area contributed by atoms with Crippen LogP contribution in [0.2, 0.25) is 0 Å². The summed E-state index contributed by atoms with van der Waals surface area (Å²) in [5.74, 6) is 2.93. The molecule has 1 aromatic carbocycles. The Morgan fingerprint density at radius 2 is 1.86 bits per heavy atom. The molecule has 0 aliphatic rings. The molecule has 21 heavy (non-hydrogen) atoms. The lowest BCUT2D eigenvalue weighted by Gasteiger charge is -2.12. The molecule has 6 nitrogen and oxygen atoms in total. The Labute approximate surface area is 124 Å². The highest BCUT2D eigenvalue weighted by molar-refractivity contribution is 5.65. The third-order valence-corrected chi connectivity index (χ3v) is 2.82. The van der Waals surface area contributed by atoms with Crippen molar-refractivity contribution in [3.05, 3.63) is 36.2 Å². The second-order valence-electron chi connectivity index (χ2n) is 4.43. The zero-order chi connectivity index (χ0) is 15.1. The average Bonchev–Trinajstić information content (AvgIpc) is 2.47. The van der Waals surface area contributed by atoms with E-state index < -0.39 is 0 Å². The number of hydrogen-bond donors (Lipinski definition) is 2. The molecule has 0 aliphatic heterocycles. The quantitative estimate of drug-likeness (QED) is 0.763. The van der Waals surface area contributed by atoms with E-state index in [9.17, 15) is 0 Å². The zero-order valence-electron chi connectivity index (χ0n) is 12.5. The molecule has 0 bridgehead atoms. The molecule has 0 unspecified atom stereocenters. The van der Waals surface area contributed by atoms with Gasteiger partial charge >= 0.3 is 0 Å². The lowest BCUT2D eigenvalue weighted by molar-refractivity contribution is 0.210. The average molecular weight is 288 g/mol. The van der Waals surface area contributed by atoms with Crippen molar-refractivity contribution in [2.24, 2.45) is 0 Å². The van der Waals surface area contributed by atoms with Gasteiger partial charge in [0.2, 0.25) is 0 Å². The molecule has 0 aliphatic carbocycles. The molecule has 2 aromatic rings. The van der Waals surface area contributed by atoms with Crippen LogP contribution in [0.5, 0.6) is 5.75 Å².